The highest BCUT2D eigenvalue weighted by molar-refractivity contribution is 5.80. The fourth-order valence-corrected chi connectivity index (χ4v) is 4.41. The summed E-state index contributed by atoms with van der Waals surface area (Å²) in [6.07, 6.45) is 11.0. The molecule has 0 bridgehead atoms. The van der Waals surface area contributed by atoms with Crippen molar-refractivity contribution in [1.29, 1.82) is 5.41 Å². The normalized spacial score (nSPS) is 17.2. The van der Waals surface area contributed by atoms with Gasteiger partial charge in [0.25, 0.3) is 0 Å². The first-order valence-electron chi connectivity index (χ1n) is 14.2. The molecule has 0 spiro atoms. The van der Waals surface area contributed by atoms with Gasteiger partial charge >= 0.3 is 6.09 Å². The second-order valence-electron chi connectivity index (χ2n) is 10.1. The van der Waals surface area contributed by atoms with Crippen LogP contribution in [0.1, 0.15) is 42.8 Å². The maximum atomic E-state index is 12.4. The minimum Gasteiger partial charge on any atom is -0.442 e. The topological polar surface area (TPSA) is 168 Å². The zero-order valence-corrected chi connectivity index (χ0v) is 25.7. The van der Waals surface area contributed by atoms with Crippen LogP contribution < -0.4 is 16.4 Å². The summed E-state index contributed by atoms with van der Waals surface area (Å²) in [6.45, 7) is 10.5. The van der Waals surface area contributed by atoms with Crippen LogP contribution in [0.3, 0.4) is 0 Å². The van der Waals surface area contributed by atoms with E-state index in [0.29, 0.717) is 19.6 Å². The number of allylic oxidation sites excluding steroid dienone is 4. The van der Waals surface area contributed by atoms with E-state index in [9.17, 15) is 14.5 Å². The maximum absolute atomic E-state index is 12.4. The summed E-state index contributed by atoms with van der Waals surface area (Å²) in [6, 6.07) is 8.38. The molecule has 2 amide bonds. The van der Waals surface area contributed by atoms with Crippen molar-refractivity contribution in [3.05, 3.63) is 87.9 Å². The van der Waals surface area contributed by atoms with Crippen molar-refractivity contribution < 1.29 is 14.3 Å². The summed E-state index contributed by atoms with van der Waals surface area (Å²) in [4.78, 5) is 39.0. The van der Waals surface area contributed by atoms with Gasteiger partial charge in [0.05, 0.1) is 44.0 Å². The van der Waals surface area contributed by atoms with Crippen LogP contribution in [0, 0.1) is 24.2 Å². The van der Waals surface area contributed by atoms with Crippen molar-refractivity contribution in [2.24, 2.45) is 10.9 Å². The number of nitroso groups, excluding NO2 is 1. The van der Waals surface area contributed by atoms with E-state index in [4.69, 9.17) is 10.1 Å². The van der Waals surface area contributed by atoms with E-state index < -0.39 is 0 Å². The van der Waals surface area contributed by atoms with E-state index in [0.717, 1.165) is 48.3 Å². The molecule has 232 valence electrons. The van der Waals surface area contributed by atoms with E-state index in [-0.39, 0.29) is 24.1 Å². The summed E-state index contributed by atoms with van der Waals surface area (Å²) in [7, 11) is 1.85. The van der Waals surface area contributed by atoms with Crippen molar-refractivity contribution >= 4 is 23.9 Å². The van der Waals surface area contributed by atoms with Crippen molar-refractivity contribution in [2.45, 2.75) is 52.8 Å². The SMILES string of the molecule is CC(=O)NCC1CN(C2C=CC(C)=C(c3ccc(Cn4cnc(C)c4C)cc3)C=C2)C(=O)O1.CNCCCN=O.N=CN. The lowest BCUT2D eigenvalue weighted by atomic mass is 9.99. The smallest absolute Gasteiger partial charge is 0.411 e. The highest BCUT2D eigenvalue weighted by Crippen LogP contribution is 2.27. The number of ether oxygens (including phenoxy) is 1. The zero-order chi connectivity index (χ0) is 31.8. The monoisotopic (exact) mass is 592 g/mol. The number of benzene rings is 1. The Hall–Kier alpha value is -4.58. The molecule has 2 atom stereocenters. The Kier molecular flexibility index (Phi) is 14.5. The number of carbonyl (C=O) groups excluding carboxylic acids is 2. The third kappa shape index (κ3) is 11.0. The largest absolute Gasteiger partial charge is 0.442 e. The van der Waals surface area contributed by atoms with Crippen LogP contribution >= 0.6 is 0 Å². The molecule has 1 saturated heterocycles. The standard InChI is InChI=1S/C26H30N4O3.C4H10N2O.CH4N2/c1-17-5-10-23(30-15-24(33-26(30)32)13-27-20(4)31)11-12-25(17)22-8-6-21(7-9-22)14-29-16-28-18(2)19(29)3;1-5-3-2-4-6-7;2-1-3/h5-12,16,23-24H,13-15H2,1-4H3,(H,27,31);5H,2-4H2,1H3;1H,(H3,2,3). The summed E-state index contributed by atoms with van der Waals surface area (Å²) >= 11 is 0. The first kappa shape index (κ1) is 34.6. The van der Waals surface area contributed by atoms with Gasteiger partial charge in [-0.15, -0.1) is 0 Å². The Balaban J connectivity index is 0.000000560. The highest BCUT2D eigenvalue weighted by Gasteiger charge is 2.34. The number of aromatic nitrogens is 2. The Morgan fingerprint density at radius 3 is 2.47 bits per heavy atom. The van der Waals surface area contributed by atoms with Crippen molar-refractivity contribution in [1.82, 2.24) is 25.1 Å². The van der Waals surface area contributed by atoms with E-state index in [1.54, 1.807) is 4.90 Å². The molecule has 43 heavy (non-hydrogen) atoms. The number of amides is 2. The summed E-state index contributed by atoms with van der Waals surface area (Å²) < 4.78 is 7.57. The molecule has 0 saturated carbocycles. The lowest BCUT2D eigenvalue weighted by Gasteiger charge is -2.19. The molecule has 1 aliphatic heterocycles. The molecular weight excluding hydrogens is 548 g/mol. The van der Waals surface area contributed by atoms with Crippen molar-refractivity contribution in [2.75, 3.05) is 33.2 Å². The number of hydrogen-bond donors (Lipinski definition) is 4. The fourth-order valence-electron chi connectivity index (χ4n) is 4.41. The van der Waals surface area contributed by atoms with Crippen LogP contribution in [0.5, 0.6) is 0 Å². The Morgan fingerprint density at radius 1 is 1.21 bits per heavy atom. The third-order valence-corrected chi connectivity index (χ3v) is 6.91. The van der Waals surface area contributed by atoms with Crippen molar-refractivity contribution in [3.63, 3.8) is 0 Å². The average Bonchev–Trinajstić information content (AvgIpc) is 3.44. The van der Waals surface area contributed by atoms with Gasteiger partial charge in [-0.05, 0) is 63.1 Å². The van der Waals surface area contributed by atoms with E-state index >= 15 is 0 Å². The maximum Gasteiger partial charge on any atom is 0.411 e. The van der Waals surface area contributed by atoms with Gasteiger partial charge in [-0.3, -0.25) is 15.1 Å². The van der Waals surface area contributed by atoms with Gasteiger partial charge in [0.15, 0.2) is 0 Å². The quantitative estimate of drug-likeness (QED) is 0.141. The second kappa shape index (κ2) is 18.1. The Morgan fingerprint density at radius 2 is 1.88 bits per heavy atom. The molecular formula is C31H44N8O4. The van der Waals surface area contributed by atoms with Crippen LogP contribution in [0.25, 0.3) is 5.57 Å². The molecule has 12 heteroatoms. The van der Waals surface area contributed by atoms with Gasteiger partial charge in [0.2, 0.25) is 5.91 Å². The van der Waals surface area contributed by atoms with Crippen LogP contribution in [-0.2, 0) is 16.1 Å². The number of hydrogen-bond acceptors (Lipinski definition) is 8. The van der Waals surface area contributed by atoms with Gasteiger partial charge in [0, 0.05) is 19.2 Å². The second-order valence-corrected chi connectivity index (χ2v) is 10.1. The molecule has 2 aliphatic rings. The third-order valence-electron chi connectivity index (χ3n) is 6.91. The predicted octanol–water partition coefficient (Wildman–Crippen LogP) is 3.69. The molecule has 12 nitrogen and oxygen atoms in total. The first-order valence-corrected chi connectivity index (χ1v) is 14.2. The fraction of sp³-hybridized carbons (Fsp3) is 0.419. The number of aryl methyl sites for hydroxylation is 1. The lowest BCUT2D eigenvalue weighted by Crippen LogP contribution is -2.36. The molecule has 1 fully saturated rings. The minimum absolute atomic E-state index is 0.135. The van der Waals surface area contributed by atoms with E-state index in [1.807, 2.05) is 32.5 Å². The highest BCUT2D eigenvalue weighted by atomic mass is 16.6. The van der Waals surface area contributed by atoms with Gasteiger partial charge in [-0.25, -0.2) is 9.78 Å². The van der Waals surface area contributed by atoms with E-state index in [2.05, 4.69) is 81.4 Å². The van der Waals surface area contributed by atoms with Gasteiger partial charge in [-0.2, -0.15) is 4.91 Å². The molecule has 2 heterocycles. The number of nitrogens with zero attached hydrogens (tertiary/aromatic N) is 4. The average molecular weight is 593 g/mol. The Labute approximate surface area is 253 Å². The number of rotatable bonds is 10. The number of nitrogens with two attached hydrogens (primary N) is 1. The van der Waals surface area contributed by atoms with Gasteiger partial charge in [0.1, 0.15) is 6.10 Å². The number of cyclic esters (lactones) is 1. The number of imidazole rings is 1. The number of carbonyl (C=O) groups is 2. The molecule has 1 aliphatic carbocycles. The summed E-state index contributed by atoms with van der Waals surface area (Å²) in [5.41, 5.74) is 11.2. The van der Waals surface area contributed by atoms with Crippen LogP contribution in [0.15, 0.2) is 65.6 Å². The summed E-state index contributed by atoms with van der Waals surface area (Å²) in [5.74, 6) is -0.135. The molecule has 5 N–H and O–H groups in total. The zero-order valence-electron chi connectivity index (χ0n) is 25.7. The summed E-state index contributed by atoms with van der Waals surface area (Å²) in [5, 5.41) is 14.2. The van der Waals surface area contributed by atoms with Crippen LogP contribution in [0.2, 0.25) is 0 Å². The molecule has 2 aromatic rings. The van der Waals surface area contributed by atoms with Gasteiger partial charge < -0.3 is 25.7 Å². The molecule has 0 radical (unpaired) electrons. The minimum atomic E-state index is -0.361. The van der Waals surface area contributed by atoms with Crippen molar-refractivity contribution in [3.8, 4) is 0 Å². The van der Waals surface area contributed by atoms with Gasteiger partial charge in [-0.1, -0.05) is 53.7 Å². The van der Waals surface area contributed by atoms with E-state index in [1.165, 1.54) is 18.2 Å². The molecule has 2 unspecified atom stereocenters. The first-order chi connectivity index (χ1) is 20.6. The molecule has 1 aromatic carbocycles. The number of nitrogens with one attached hydrogen (secondary N) is 3. The van der Waals surface area contributed by atoms with Crippen LogP contribution in [0.4, 0.5) is 4.79 Å². The molecule has 1 aromatic heterocycles. The molecule has 4 rings (SSSR count). The predicted molar refractivity (Wildman–Crippen MR) is 170 cm³/mol. The Bertz CT molecular complexity index is 1310. The van der Waals surface area contributed by atoms with Crippen LogP contribution in [-0.4, -0.2) is 78.2 Å². The lowest BCUT2D eigenvalue weighted by molar-refractivity contribution is -0.119.